The van der Waals surface area contributed by atoms with Crippen LogP contribution in [0.15, 0.2) is 0 Å². The van der Waals surface area contributed by atoms with Crippen molar-refractivity contribution >= 4 is 46.3 Å². The first kappa shape index (κ1) is 23.9. The molecule has 0 aliphatic rings. The van der Waals surface area contributed by atoms with Gasteiger partial charge in [-0.2, -0.15) is 0 Å². The van der Waals surface area contributed by atoms with Gasteiger partial charge in [-0.15, -0.1) is 0 Å². The Bertz CT molecular complexity index is 309. The lowest BCUT2D eigenvalue weighted by atomic mass is 10.3. The normalized spacial score (nSPS) is 8.10. The first-order valence-corrected chi connectivity index (χ1v) is 6.41. The number of carbonyl (C=O) groups excluding carboxylic acids is 4. The predicted octanol–water partition coefficient (Wildman–Crippen LogP) is 1.20. The minimum Gasteiger partial charge on any atom is -0.460 e. The van der Waals surface area contributed by atoms with E-state index in [1.807, 2.05) is 0 Å². The predicted molar refractivity (Wildman–Crippen MR) is 74.3 cm³/mol. The van der Waals surface area contributed by atoms with Gasteiger partial charge in [0.05, 0.1) is 13.2 Å². The molecule has 0 rings (SSSR count). The van der Waals surface area contributed by atoms with Crippen LogP contribution in [0.1, 0.15) is 27.2 Å². The van der Waals surface area contributed by atoms with E-state index in [0.29, 0.717) is 0 Å². The van der Waals surface area contributed by atoms with E-state index in [1.165, 1.54) is 0 Å². The third kappa shape index (κ3) is 19.2. The summed E-state index contributed by atoms with van der Waals surface area (Å²) in [5.41, 5.74) is 0. The molecule has 9 heteroatoms. The van der Waals surface area contributed by atoms with Gasteiger partial charge < -0.3 is 9.47 Å². The van der Waals surface area contributed by atoms with Crippen LogP contribution in [0.5, 0.6) is 0 Å². The van der Waals surface area contributed by atoms with Crippen molar-refractivity contribution in [3.8, 4) is 0 Å². The van der Waals surface area contributed by atoms with Gasteiger partial charge in [0, 0.05) is 6.42 Å². The molecule has 0 aromatic rings. The Hall–Kier alpha value is -1.18. The van der Waals surface area contributed by atoms with Crippen LogP contribution in [0, 0.1) is 0 Å². The quantitative estimate of drug-likeness (QED) is 0.349. The van der Waals surface area contributed by atoms with Crippen molar-refractivity contribution in [2.45, 2.75) is 27.2 Å². The molecule has 0 spiro atoms. The average molecular weight is 332 g/mol. The van der Waals surface area contributed by atoms with Gasteiger partial charge in [0.15, 0.2) is 0 Å². The van der Waals surface area contributed by atoms with E-state index >= 15 is 0 Å². The van der Waals surface area contributed by atoms with Gasteiger partial charge in [-0.05, 0) is 44.3 Å². The zero-order valence-electron chi connectivity index (χ0n) is 11.8. The number of esters is 2. The lowest BCUT2D eigenvalue weighted by molar-refractivity contribution is -0.153. The Morgan fingerprint density at radius 3 is 1.50 bits per heavy atom. The topological polar surface area (TPSA) is 98.8 Å². The number of ketones is 1. The van der Waals surface area contributed by atoms with Gasteiger partial charge >= 0.3 is 17.2 Å². The Morgan fingerprint density at radius 1 is 0.950 bits per heavy atom. The minimum absolute atomic E-state index is 0.178. The maximum Gasteiger partial charge on any atom is 0.391 e. The van der Waals surface area contributed by atoms with Crippen LogP contribution in [-0.2, 0) is 28.7 Å². The lowest BCUT2D eigenvalue weighted by Gasteiger charge is -1.95. The second-order valence-corrected chi connectivity index (χ2v) is 3.40. The van der Waals surface area contributed by atoms with E-state index < -0.39 is 23.0 Å². The molecule has 0 aliphatic carbocycles. The number of Topliss-reactive ketones (excluding diaryl/α,β-unsaturated/α-hetero) is 1. The molecule has 0 radical (unpaired) electrons. The smallest absolute Gasteiger partial charge is 0.391 e. The minimum atomic E-state index is -1.08. The Balaban J connectivity index is -0.000000243. The van der Waals surface area contributed by atoms with Gasteiger partial charge in [-0.3, -0.25) is 9.59 Å². The molecule has 20 heavy (non-hydrogen) atoms. The molecule has 0 heterocycles. The molecule has 0 aliphatic heterocycles. The molecule has 0 fully saturated rings. The molecule has 0 bridgehead atoms. The number of carbonyl (C=O) groups is 4. The van der Waals surface area contributed by atoms with Gasteiger partial charge in [0.1, 0.15) is 0 Å². The third-order valence-electron chi connectivity index (χ3n) is 1.26. The van der Waals surface area contributed by atoms with Crippen molar-refractivity contribution in [1.82, 2.24) is 4.84 Å². The Labute approximate surface area is 128 Å². The number of nitrogens with one attached hydrogen (secondary N) is 1. The molecule has 7 nitrogen and oxygen atoms in total. The fourth-order valence-corrected chi connectivity index (χ4v) is 0.598. The molecule has 0 aromatic heterocycles. The molecule has 118 valence electrons. The second-order valence-electron chi connectivity index (χ2n) is 2.68. The van der Waals surface area contributed by atoms with Crippen molar-refractivity contribution in [1.29, 1.82) is 0 Å². The van der Waals surface area contributed by atoms with Crippen molar-refractivity contribution in [2.75, 3.05) is 20.3 Å². The van der Waals surface area contributed by atoms with Gasteiger partial charge in [-0.25, -0.2) is 14.4 Å². The summed E-state index contributed by atoms with van der Waals surface area (Å²) in [6.07, 6.45) is 0.221. The summed E-state index contributed by atoms with van der Waals surface area (Å²) in [4.78, 5) is 42.9. The summed E-state index contributed by atoms with van der Waals surface area (Å²) in [5.74, 6) is -2.17. The zero-order chi connectivity index (χ0) is 16.6. The van der Waals surface area contributed by atoms with Crippen molar-refractivity contribution < 1.29 is 28.7 Å². The highest BCUT2D eigenvalue weighted by Crippen LogP contribution is 1.85. The summed E-state index contributed by atoms with van der Waals surface area (Å²) in [6.45, 7) is 5.33. The molecular weight excluding hydrogens is 313 g/mol. The van der Waals surface area contributed by atoms with Crippen LogP contribution in [0.25, 0.3) is 0 Å². The highest BCUT2D eigenvalue weighted by Gasteiger charge is 2.10. The number of hydrogen-bond donors (Lipinski definition) is 1. The molecular formula is C11H19Cl2NO6. The van der Waals surface area contributed by atoms with Crippen molar-refractivity contribution in [3.05, 3.63) is 0 Å². The highest BCUT2D eigenvalue weighted by molar-refractivity contribution is 6.80. The molecule has 0 amide bonds. The molecule has 0 saturated heterocycles. The Kier molecular flexibility index (Phi) is 21.3. The van der Waals surface area contributed by atoms with E-state index in [1.54, 1.807) is 27.8 Å². The monoisotopic (exact) mass is 331 g/mol. The standard InChI is InChI=1S/C6H10O3.C4H5ClO3.CH4ClN/c1-3-5(7)6(8)9-4-2;1-2-8-4(7)3(5)6;1-3-2/h3-4H2,1-2H3;2H2,1H3;3H,1H3. The van der Waals surface area contributed by atoms with Crippen LogP contribution in [0.2, 0.25) is 0 Å². The zero-order valence-corrected chi connectivity index (χ0v) is 13.3. The molecule has 0 atom stereocenters. The maximum absolute atomic E-state index is 10.4. The number of hydrogen-bond acceptors (Lipinski definition) is 7. The first-order valence-electron chi connectivity index (χ1n) is 5.65. The molecule has 0 aromatic carbocycles. The fourth-order valence-electron chi connectivity index (χ4n) is 0.544. The molecule has 1 N–H and O–H groups in total. The van der Waals surface area contributed by atoms with Crippen LogP contribution >= 0.6 is 23.4 Å². The van der Waals surface area contributed by atoms with E-state index in [0.717, 1.165) is 0 Å². The maximum atomic E-state index is 10.4. The van der Waals surface area contributed by atoms with E-state index in [-0.39, 0.29) is 19.6 Å². The van der Waals surface area contributed by atoms with Crippen LogP contribution < -0.4 is 4.84 Å². The summed E-state index contributed by atoms with van der Waals surface area (Å²) in [5, 5.41) is -1.08. The fraction of sp³-hybridized carbons (Fsp3) is 0.636. The van der Waals surface area contributed by atoms with Crippen molar-refractivity contribution in [2.24, 2.45) is 0 Å². The van der Waals surface area contributed by atoms with Gasteiger partial charge in [-0.1, -0.05) is 6.92 Å². The summed E-state index contributed by atoms with van der Waals surface area (Å²) >= 11 is 9.44. The average Bonchev–Trinajstić information content (AvgIpc) is 2.40. The molecule has 0 unspecified atom stereocenters. The Morgan fingerprint density at radius 2 is 1.30 bits per heavy atom. The second kappa shape index (κ2) is 17.8. The van der Waals surface area contributed by atoms with Crippen LogP contribution in [0.4, 0.5) is 0 Å². The number of halogens is 2. The summed E-state index contributed by atoms with van der Waals surface area (Å²) in [6, 6.07) is 0. The lowest BCUT2D eigenvalue weighted by Crippen LogP contribution is -2.15. The van der Waals surface area contributed by atoms with E-state index in [2.05, 4.69) is 14.3 Å². The number of ether oxygens (including phenoxy) is 2. The number of rotatable bonds is 5. The van der Waals surface area contributed by atoms with Gasteiger partial charge in [0.25, 0.3) is 0 Å². The summed E-state index contributed by atoms with van der Waals surface area (Å²) in [7, 11) is 1.64. The van der Waals surface area contributed by atoms with Crippen LogP contribution in [0.3, 0.4) is 0 Å². The molecule has 0 saturated carbocycles. The first-order chi connectivity index (χ1) is 9.31. The van der Waals surface area contributed by atoms with E-state index in [9.17, 15) is 19.2 Å². The third-order valence-corrected chi connectivity index (χ3v) is 1.41. The largest absolute Gasteiger partial charge is 0.460 e. The van der Waals surface area contributed by atoms with Crippen LogP contribution in [-0.4, -0.2) is 43.2 Å². The summed E-state index contributed by atoms with van der Waals surface area (Å²) < 4.78 is 8.59. The highest BCUT2D eigenvalue weighted by atomic mass is 35.5. The van der Waals surface area contributed by atoms with Gasteiger partial charge in [0.2, 0.25) is 5.78 Å². The van der Waals surface area contributed by atoms with E-state index in [4.69, 9.17) is 23.4 Å². The van der Waals surface area contributed by atoms with Crippen molar-refractivity contribution in [3.63, 3.8) is 0 Å². The SMILES string of the molecule is CCOC(=O)C(=O)CC.CCOC(=O)C(=O)Cl.CNCl.